The van der Waals surface area contributed by atoms with Gasteiger partial charge in [-0.25, -0.2) is 9.97 Å². The van der Waals surface area contributed by atoms with Gasteiger partial charge in [-0.2, -0.15) is 5.10 Å². The molecule has 0 amide bonds. The van der Waals surface area contributed by atoms with Crippen LogP contribution in [-0.2, 0) is 20.0 Å². The van der Waals surface area contributed by atoms with E-state index < -0.39 is 6.10 Å². The standard InChI is InChI=1S/C11H17N5O/c1-3-4-16-11(12-7-14-16)5-10(17)9-6-15(2)8-13-9/h6-8,10,17H,3-5H2,1-2H3. The van der Waals surface area contributed by atoms with Gasteiger partial charge in [0.2, 0.25) is 0 Å². The molecule has 0 aliphatic carbocycles. The highest BCUT2D eigenvalue weighted by molar-refractivity contribution is 5.04. The lowest BCUT2D eigenvalue weighted by Crippen LogP contribution is -2.10. The van der Waals surface area contributed by atoms with Gasteiger partial charge in [0.25, 0.3) is 0 Å². The molecule has 2 aromatic heterocycles. The van der Waals surface area contributed by atoms with Crippen molar-refractivity contribution in [3.63, 3.8) is 0 Å². The highest BCUT2D eigenvalue weighted by Gasteiger charge is 2.14. The largest absolute Gasteiger partial charge is 0.386 e. The average Bonchev–Trinajstić information content (AvgIpc) is 2.89. The second kappa shape index (κ2) is 5.09. The summed E-state index contributed by atoms with van der Waals surface area (Å²) in [4.78, 5) is 8.29. The number of aryl methyl sites for hydroxylation is 2. The molecule has 92 valence electrons. The van der Waals surface area contributed by atoms with Crippen LogP contribution in [0.25, 0.3) is 0 Å². The number of imidazole rings is 1. The van der Waals surface area contributed by atoms with Crippen molar-refractivity contribution in [1.29, 1.82) is 0 Å². The van der Waals surface area contributed by atoms with Crippen molar-refractivity contribution in [3.8, 4) is 0 Å². The summed E-state index contributed by atoms with van der Waals surface area (Å²) in [7, 11) is 1.88. The summed E-state index contributed by atoms with van der Waals surface area (Å²) in [6.07, 6.45) is 5.82. The monoisotopic (exact) mass is 235 g/mol. The molecule has 0 aliphatic rings. The van der Waals surface area contributed by atoms with Gasteiger partial charge in [-0.05, 0) is 6.42 Å². The van der Waals surface area contributed by atoms with Crippen molar-refractivity contribution in [1.82, 2.24) is 24.3 Å². The van der Waals surface area contributed by atoms with Crippen molar-refractivity contribution in [2.45, 2.75) is 32.4 Å². The third-order valence-electron chi connectivity index (χ3n) is 2.57. The topological polar surface area (TPSA) is 68.8 Å². The van der Waals surface area contributed by atoms with Gasteiger partial charge in [-0.15, -0.1) is 0 Å². The molecule has 6 nitrogen and oxygen atoms in total. The lowest BCUT2D eigenvalue weighted by Gasteiger charge is -2.08. The summed E-state index contributed by atoms with van der Waals surface area (Å²) in [5.41, 5.74) is 0.665. The number of nitrogens with zero attached hydrogens (tertiary/aromatic N) is 5. The first-order valence-corrected chi connectivity index (χ1v) is 5.73. The summed E-state index contributed by atoms with van der Waals surface area (Å²) in [6, 6.07) is 0. The number of hydrogen-bond donors (Lipinski definition) is 1. The minimum atomic E-state index is -0.629. The number of rotatable bonds is 5. The van der Waals surface area contributed by atoms with E-state index in [0.29, 0.717) is 12.1 Å². The first-order chi connectivity index (χ1) is 8.20. The molecule has 1 N–H and O–H groups in total. The van der Waals surface area contributed by atoms with Crippen LogP contribution in [0.2, 0.25) is 0 Å². The zero-order valence-electron chi connectivity index (χ0n) is 10.1. The SMILES string of the molecule is CCCn1ncnc1CC(O)c1cn(C)cn1. The molecule has 1 atom stereocenters. The Morgan fingerprint density at radius 1 is 1.41 bits per heavy atom. The second-order valence-electron chi connectivity index (χ2n) is 4.08. The van der Waals surface area contributed by atoms with Crippen LogP contribution < -0.4 is 0 Å². The normalized spacial score (nSPS) is 12.9. The van der Waals surface area contributed by atoms with E-state index in [0.717, 1.165) is 18.8 Å². The molecule has 0 radical (unpaired) electrons. The lowest BCUT2D eigenvalue weighted by atomic mass is 10.2. The van der Waals surface area contributed by atoms with Crippen molar-refractivity contribution in [2.75, 3.05) is 0 Å². The zero-order valence-corrected chi connectivity index (χ0v) is 10.1. The number of aliphatic hydroxyl groups is 1. The van der Waals surface area contributed by atoms with Gasteiger partial charge >= 0.3 is 0 Å². The molecule has 0 fully saturated rings. The Kier molecular flexibility index (Phi) is 3.53. The summed E-state index contributed by atoms with van der Waals surface area (Å²) in [6.45, 7) is 2.91. The van der Waals surface area contributed by atoms with Gasteiger partial charge < -0.3 is 9.67 Å². The maximum atomic E-state index is 10.0. The van der Waals surface area contributed by atoms with Gasteiger partial charge in [-0.1, -0.05) is 6.92 Å². The van der Waals surface area contributed by atoms with Gasteiger partial charge in [-0.3, -0.25) is 4.68 Å². The molecule has 0 saturated heterocycles. The summed E-state index contributed by atoms with van der Waals surface area (Å²) >= 11 is 0. The molecule has 0 spiro atoms. The van der Waals surface area contributed by atoms with E-state index in [-0.39, 0.29) is 0 Å². The van der Waals surface area contributed by atoms with Crippen molar-refractivity contribution < 1.29 is 5.11 Å². The second-order valence-corrected chi connectivity index (χ2v) is 4.08. The fourth-order valence-corrected chi connectivity index (χ4v) is 1.73. The van der Waals surface area contributed by atoms with Crippen LogP contribution in [-0.4, -0.2) is 29.4 Å². The van der Waals surface area contributed by atoms with Crippen LogP contribution in [0.4, 0.5) is 0 Å². The van der Waals surface area contributed by atoms with Crippen molar-refractivity contribution in [3.05, 3.63) is 30.4 Å². The lowest BCUT2D eigenvalue weighted by molar-refractivity contribution is 0.169. The van der Waals surface area contributed by atoms with Gasteiger partial charge in [0.15, 0.2) is 0 Å². The Hall–Kier alpha value is -1.69. The van der Waals surface area contributed by atoms with Crippen molar-refractivity contribution >= 4 is 0 Å². The van der Waals surface area contributed by atoms with Gasteiger partial charge in [0, 0.05) is 26.2 Å². The number of aliphatic hydroxyl groups excluding tert-OH is 1. The van der Waals surface area contributed by atoms with Crippen LogP contribution in [0, 0.1) is 0 Å². The van der Waals surface area contributed by atoms with E-state index in [1.165, 1.54) is 6.33 Å². The van der Waals surface area contributed by atoms with E-state index in [1.54, 1.807) is 6.33 Å². The summed E-state index contributed by atoms with van der Waals surface area (Å²) in [5, 5.41) is 14.2. The first kappa shape index (κ1) is 11.8. The third kappa shape index (κ3) is 2.71. The minimum absolute atomic E-state index is 0.441. The average molecular weight is 235 g/mol. The molecule has 0 aliphatic heterocycles. The molecule has 2 aromatic rings. The van der Waals surface area contributed by atoms with E-state index in [1.807, 2.05) is 22.5 Å². The van der Waals surface area contributed by atoms with E-state index in [2.05, 4.69) is 22.0 Å². The molecule has 2 rings (SSSR count). The fourth-order valence-electron chi connectivity index (χ4n) is 1.73. The van der Waals surface area contributed by atoms with E-state index in [4.69, 9.17) is 0 Å². The molecule has 6 heteroatoms. The maximum absolute atomic E-state index is 10.0. The quantitative estimate of drug-likeness (QED) is 0.828. The molecule has 0 aromatic carbocycles. The Labute approximate surface area is 99.9 Å². The third-order valence-corrected chi connectivity index (χ3v) is 2.57. The Morgan fingerprint density at radius 2 is 2.24 bits per heavy atom. The van der Waals surface area contributed by atoms with Gasteiger partial charge in [0.05, 0.1) is 12.0 Å². The highest BCUT2D eigenvalue weighted by atomic mass is 16.3. The maximum Gasteiger partial charge on any atom is 0.138 e. The van der Waals surface area contributed by atoms with Crippen LogP contribution in [0.5, 0.6) is 0 Å². The highest BCUT2D eigenvalue weighted by Crippen LogP contribution is 2.14. The van der Waals surface area contributed by atoms with Crippen LogP contribution in [0.3, 0.4) is 0 Å². The number of hydrogen-bond acceptors (Lipinski definition) is 4. The van der Waals surface area contributed by atoms with Crippen LogP contribution in [0.15, 0.2) is 18.9 Å². The molecule has 0 bridgehead atoms. The molecular formula is C11H17N5O. The van der Waals surface area contributed by atoms with Crippen LogP contribution in [0.1, 0.15) is 31.0 Å². The summed E-state index contributed by atoms with van der Waals surface area (Å²) < 4.78 is 3.64. The Bertz CT molecular complexity index is 476. The molecule has 1 unspecified atom stereocenters. The molecule has 17 heavy (non-hydrogen) atoms. The Morgan fingerprint density at radius 3 is 2.88 bits per heavy atom. The minimum Gasteiger partial charge on any atom is -0.386 e. The van der Waals surface area contributed by atoms with Gasteiger partial charge in [0.1, 0.15) is 18.3 Å². The van der Waals surface area contributed by atoms with Crippen molar-refractivity contribution in [2.24, 2.45) is 7.05 Å². The Balaban J connectivity index is 2.07. The molecule has 2 heterocycles. The van der Waals surface area contributed by atoms with E-state index >= 15 is 0 Å². The van der Waals surface area contributed by atoms with E-state index in [9.17, 15) is 5.11 Å². The zero-order chi connectivity index (χ0) is 12.3. The predicted molar refractivity (Wildman–Crippen MR) is 62.2 cm³/mol. The smallest absolute Gasteiger partial charge is 0.138 e. The first-order valence-electron chi connectivity index (χ1n) is 5.73. The molecule has 0 saturated carbocycles. The number of aromatic nitrogens is 5. The fraction of sp³-hybridized carbons (Fsp3) is 0.545. The van der Waals surface area contributed by atoms with Crippen LogP contribution >= 0.6 is 0 Å². The predicted octanol–water partition coefficient (Wildman–Crippen LogP) is 0.698. The summed E-state index contributed by atoms with van der Waals surface area (Å²) in [5.74, 6) is 0.796. The molecular weight excluding hydrogens is 218 g/mol.